The van der Waals surface area contributed by atoms with Gasteiger partial charge >= 0.3 is 0 Å². The number of nitrogens with zero attached hydrogens (tertiary/aromatic N) is 2. The zero-order valence-corrected chi connectivity index (χ0v) is 8.61. The van der Waals surface area contributed by atoms with Crippen LogP contribution in [0.15, 0.2) is 18.3 Å². The number of likely N-dealkylation sites (tertiary alicyclic amines) is 1. The van der Waals surface area contributed by atoms with E-state index in [4.69, 9.17) is 0 Å². The van der Waals surface area contributed by atoms with Gasteiger partial charge in [-0.1, -0.05) is 6.92 Å². The Balaban J connectivity index is 2.18. The average molecular weight is 208 g/mol. The van der Waals surface area contributed by atoms with Crippen LogP contribution < -0.4 is 0 Å². The molecule has 0 spiro atoms. The normalized spacial score (nSPS) is 20.7. The lowest BCUT2D eigenvalue weighted by Crippen LogP contribution is -2.29. The Morgan fingerprint density at radius 1 is 1.67 bits per heavy atom. The van der Waals surface area contributed by atoms with Crippen LogP contribution in [0.3, 0.4) is 0 Å². The molecule has 1 atom stereocenters. The topological polar surface area (TPSA) is 33.2 Å². The maximum atomic E-state index is 13.2. The number of pyridine rings is 1. The van der Waals surface area contributed by atoms with Gasteiger partial charge in [-0.05, 0) is 24.5 Å². The van der Waals surface area contributed by atoms with E-state index < -0.39 is 5.95 Å². The molecule has 4 heteroatoms. The molecule has 1 aromatic heterocycles. The molecule has 1 aliphatic heterocycles. The van der Waals surface area contributed by atoms with Crippen LogP contribution in [-0.2, 0) is 0 Å². The van der Waals surface area contributed by atoms with Gasteiger partial charge in [0.1, 0.15) is 0 Å². The number of hydrogen-bond acceptors (Lipinski definition) is 2. The fourth-order valence-corrected chi connectivity index (χ4v) is 1.84. The average Bonchev–Trinajstić information content (AvgIpc) is 2.65. The predicted molar refractivity (Wildman–Crippen MR) is 53.9 cm³/mol. The highest BCUT2D eigenvalue weighted by molar-refractivity contribution is 5.94. The van der Waals surface area contributed by atoms with Gasteiger partial charge in [-0.3, -0.25) is 4.79 Å². The van der Waals surface area contributed by atoms with Crippen molar-refractivity contribution in [2.75, 3.05) is 13.1 Å². The lowest BCUT2D eigenvalue weighted by Gasteiger charge is -2.15. The quantitative estimate of drug-likeness (QED) is 0.658. The summed E-state index contributed by atoms with van der Waals surface area (Å²) in [5.74, 6) is -0.416. The zero-order valence-electron chi connectivity index (χ0n) is 8.61. The van der Waals surface area contributed by atoms with Gasteiger partial charge in [0, 0.05) is 19.3 Å². The highest BCUT2D eigenvalue weighted by atomic mass is 19.1. The van der Waals surface area contributed by atoms with E-state index in [2.05, 4.69) is 11.9 Å². The van der Waals surface area contributed by atoms with E-state index in [1.807, 2.05) is 0 Å². The summed E-state index contributed by atoms with van der Waals surface area (Å²) >= 11 is 0. The fourth-order valence-electron chi connectivity index (χ4n) is 1.84. The van der Waals surface area contributed by atoms with Gasteiger partial charge in [0.15, 0.2) is 0 Å². The molecule has 1 aliphatic rings. The van der Waals surface area contributed by atoms with Crippen LogP contribution in [0.25, 0.3) is 0 Å². The maximum absolute atomic E-state index is 13.2. The van der Waals surface area contributed by atoms with Crippen molar-refractivity contribution in [2.24, 2.45) is 5.92 Å². The number of rotatable bonds is 1. The molecule has 1 aromatic rings. The van der Waals surface area contributed by atoms with E-state index in [1.54, 1.807) is 11.0 Å². The second-order valence-corrected chi connectivity index (χ2v) is 3.99. The van der Waals surface area contributed by atoms with Gasteiger partial charge in [0.25, 0.3) is 5.91 Å². The van der Waals surface area contributed by atoms with E-state index >= 15 is 0 Å². The Morgan fingerprint density at radius 2 is 2.47 bits per heavy atom. The molecule has 15 heavy (non-hydrogen) atoms. The number of carbonyl (C=O) groups is 1. The fraction of sp³-hybridized carbons (Fsp3) is 0.455. The Morgan fingerprint density at radius 3 is 3.07 bits per heavy atom. The van der Waals surface area contributed by atoms with Gasteiger partial charge in [0.05, 0.1) is 5.56 Å². The smallest absolute Gasteiger partial charge is 0.258 e. The molecule has 0 aliphatic carbocycles. The number of amides is 1. The summed E-state index contributed by atoms with van der Waals surface area (Å²) in [4.78, 5) is 17.0. The number of carbonyl (C=O) groups excluding carboxylic acids is 1. The van der Waals surface area contributed by atoms with Crippen molar-refractivity contribution in [3.8, 4) is 0 Å². The summed E-state index contributed by atoms with van der Waals surface area (Å²) in [5.41, 5.74) is 0.0756. The van der Waals surface area contributed by atoms with Crippen LogP contribution in [-0.4, -0.2) is 28.9 Å². The Bertz CT molecular complexity index is 381. The van der Waals surface area contributed by atoms with E-state index in [1.165, 1.54) is 12.3 Å². The second kappa shape index (κ2) is 3.96. The monoisotopic (exact) mass is 208 g/mol. The summed E-state index contributed by atoms with van der Waals surface area (Å²) in [6.07, 6.45) is 2.34. The van der Waals surface area contributed by atoms with Crippen LogP contribution in [0.2, 0.25) is 0 Å². The number of halogens is 1. The maximum Gasteiger partial charge on any atom is 0.258 e. The van der Waals surface area contributed by atoms with E-state index in [0.717, 1.165) is 6.42 Å². The zero-order chi connectivity index (χ0) is 10.8. The van der Waals surface area contributed by atoms with Crippen LogP contribution in [0.4, 0.5) is 4.39 Å². The van der Waals surface area contributed by atoms with Crippen molar-refractivity contribution < 1.29 is 9.18 Å². The summed E-state index contributed by atoms with van der Waals surface area (Å²) < 4.78 is 13.2. The van der Waals surface area contributed by atoms with Crippen molar-refractivity contribution in [3.05, 3.63) is 29.8 Å². The third-order valence-corrected chi connectivity index (χ3v) is 2.70. The molecule has 1 unspecified atom stereocenters. The molecule has 80 valence electrons. The lowest BCUT2D eigenvalue weighted by atomic mass is 10.2. The highest BCUT2D eigenvalue weighted by Crippen LogP contribution is 2.18. The van der Waals surface area contributed by atoms with Crippen molar-refractivity contribution in [2.45, 2.75) is 13.3 Å². The molecule has 2 heterocycles. The molecule has 0 aromatic carbocycles. The minimum Gasteiger partial charge on any atom is -0.338 e. The molecule has 1 saturated heterocycles. The van der Waals surface area contributed by atoms with Gasteiger partial charge in [0.2, 0.25) is 5.95 Å². The van der Waals surface area contributed by atoms with Crippen LogP contribution in [0, 0.1) is 11.9 Å². The third kappa shape index (κ3) is 1.98. The molecule has 0 bridgehead atoms. The van der Waals surface area contributed by atoms with Crippen LogP contribution in [0.5, 0.6) is 0 Å². The molecule has 2 rings (SSSR count). The van der Waals surface area contributed by atoms with E-state index in [0.29, 0.717) is 19.0 Å². The molecule has 0 saturated carbocycles. The first-order valence-corrected chi connectivity index (χ1v) is 5.08. The standard InChI is InChI=1S/C11H13FN2O/c1-8-4-6-14(7-8)11(15)9-3-2-5-13-10(9)12/h2-3,5,8H,4,6-7H2,1H3. The Labute approximate surface area is 87.9 Å². The molecular formula is C11H13FN2O. The molecule has 1 amide bonds. The van der Waals surface area contributed by atoms with Gasteiger partial charge in [-0.15, -0.1) is 0 Å². The molecule has 0 N–H and O–H groups in total. The largest absolute Gasteiger partial charge is 0.338 e. The van der Waals surface area contributed by atoms with Crippen molar-refractivity contribution in [1.82, 2.24) is 9.88 Å². The van der Waals surface area contributed by atoms with Gasteiger partial charge < -0.3 is 4.90 Å². The van der Waals surface area contributed by atoms with E-state index in [-0.39, 0.29) is 11.5 Å². The van der Waals surface area contributed by atoms with Gasteiger partial charge in [-0.25, -0.2) is 4.98 Å². The Kier molecular flexibility index (Phi) is 2.66. The number of aromatic nitrogens is 1. The molecule has 3 nitrogen and oxygen atoms in total. The summed E-state index contributed by atoms with van der Waals surface area (Å²) in [6, 6.07) is 3.06. The lowest BCUT2D eigenvalue weighted by molar-refractivity contribution is 0.0782. The summed E-state index contributed by atoms with van der Waals surface area (Å²) in [5, 5.41) is 0. The van der Waals surface area contributed by atoms with Crippen molar-refractivity contribution >= 4 is 5.91 Å². The Hall–Kier alpha value is -1.45. The van der Waals surface area contributed by atoms with Crippen molar-refractivity contribution in [3.63, 3.8) is 0 Å². The SMILES string of the molecule is CC1CCN(C(=O)c2cccnc2F)C1. The summed E-state index contributed by atoms with van der Waals surface area (Å²) in [6.45, 7) is 3.52. The summed E-state index contributed by atoms with van der Waals surface area (Å²) in [7, 11) is 0. The minimum absolute atomic E-state index is 0.0756. The first kappa shape index (κ1) is 10.1. The first-order chi connectivity index (χ1) is 7.18. The van der Waals surface area contributed by atoms with Gasteiger partial charge in [-0.2, -0.15) is 4.39 Å². The van der Waals surface area contributed by atoms with Crippen molar-refractivity contribution in [1.29, 1.82) is 0 Å². The number of hydrogen-bond donors (Lipinski definition) is 0. The van der Waals surface area contributed by atoms with Crippen LogP contribution >= 0.6 is 0 Å². The van der Waals surface area contributed by atoms with Crippen LogP contribution in [0.1, 0.15) is 23.7 Å². The third-order valence-electron chi connectivity index (χ3n) is 2.70. The first-order valence-electron chi connectivity index (χ1n) is 5.08. The molecule has 1 fully saturated rings. The highest BCUT2D eigenvalue weighted by Gasteiger charge is 2.25. The second-order valence-electron chi connectivity index (χ2n) is 3.99. The van der Waals surface area contributed by atoms with E-state index in [9.17, 15) is 9.18 Å². The minimum atomic E-state index is -0.679. The molecule has 0 radical (unpaired) electrons. The molecular weight excluding hydrogens is 195 g/mol. The predicted octanol–water partition coefficient (Wildman–Crippen LogP) is 1.70.